The van der Waals surface area contributed by atoms with Crippen LogP contribution in [0.1, 0.15) is 30.1 Å². The van der Waals surface area contributed by atoms with Crippen LogP contribution < -0.4 is 10.6 Å². The maximum atomic E-state index is 11.6. The zero-order valence-electron chi connectivity index (χ0n) is 13.2. The summed E-state index contributed by atoms with van der Waals surface area (Å²) in [5, 5.41) is 23.2. The van der Waals surface area contributed by atoms with E-state index >= 15 is 0 Å². The summed E-state index contributed by atoms with van der Waals surface area (Å²) in [6.45, 7) is 2.11. The largest absolute Gasteiger partial charge is 0.507 e. The summed E-state index contributed by atoms with van der Waals surface area (Å²) < 4.78 is 4.86. The van der Waals surface area contributed by atoms with E-state index in [1.165, 1.54) is 6.07 Å². The Balaban J connectivity index is 2.34. The fourth-order valence-corrected chi connectivity index (χ4v) is 1.70. The molecule has 0 aliphatic heterocycles. The predicted octanol–water partition coefficient (Wildman–Crippen LogP) is 2.11. The van der Waals surface area contributed by atoms with Gasteiger partial charge in [-0.2, -0.15) is 0 Å². The number of carboxylic acids is 1. The lowest BCUT2D eigenvalue weighted by atomic mass is 10.2. The molecule has 1 rings (SSSR count). The third-order valence-electron chi connectivity index (χ3n) is 2.84. The zero-order valence-corrected chi connectivity index (χ0v) is 13.2. The van der Waals surface area contributed by atoms with Crippen molar-refractivity contribution < 1.29 is 29.3 Å². The van der Waals surface area contributed by atoms with Gasteiger partial charge in [-0.1, -0.05) is 19.1 Å². The molecule has 8 nitrogen and oxygen atoms in total. The van der Waals surface area contributed by atoms with Gasteiger partial charge < -0.3 is 20.3 Å². The number of phenols is 1. The fourth-order valence-electron chi connectivity index (χ4n) is 1.70. The first-order valence-corrected chi connectivity index (χ1v) is 7.35. The Morgan fingerprint density at radius 3 is 2.67 bits per heavy atom. The van der Waals surface area contributed by atoms with E-state index in [1.54, 1.807) is 6.08 Å². The normalized spacial score (nSPS) is 10.4. The number of ether oxygens (including phenoxy) is 1. The quantitative estimate of drug-likeness (QED) is 0.327. The molecular formula is C16H20N2O6. The Labute approximate surface area is 139 Å². The number of carbonyl (C=O) groups is 3. The first kappa shape index (κ1) is 19.0. The van der Waals surface area contributed by atoms with Crippen LogP contribution in [-0.2, 0) is 9.53 Å². The number of anilines is 1. The van der Waals surface area contributed by atoms with Crippen LogP contribution in [0.5, 0.6) is 5.75 Å². The highest BCUT2D eigenvalue weighted by Crippen LogP contribution is 2.21. The highest BCUT2D eigenvalue weighted by atomic mass is 16.5. The van der Waals surface area contributed by atoms with E-state index in [9.17, 15) is 19.5 Å². The Hall–Kier alpha value is -3.03. The van der Waals surface area contributed by atoms with Crippen LogP contribution in [0, 0.1) is 0 Å². The number of rotatable bonds is 8. The number of hydrogen-bond acceptors (Lipinski definition) is 5. The Bertz CT molecular complexity index is 627. The molecular weight excluding hydrogens is 316 g/mol. The minimum absolute atomic E-state index is 0.0288. The number of aromatic carboxylic acids is 1. The van der Waals surface area contributed by atoms with E-state index in [2.05, 4.69) is 10.6 Å². The number of benzene rings is 1. The van der Waals surface area contributed by atoms with Crippen LogP contribution >= 0.6 is 0 Å². The lowest BCUT2D eigenvalue weighted by Crippen LogP contribution is -2.28. The van der Waals surface area contributed by atoms with Crippen molar-refractivity contribution >= 4 is 23.7 Å². The van der Waals surface area contributed by atoms with Gasteiger partial charge in [-0.15, -0.1) is 0 Å². The molecule has 0 atom stereocenters. The van der Waals surface area contributed by atoms with Crippen molar-refractivity contribution in [3.63, 3.8) is 0 Å². The third kappa shape index (κ3) is 6.82. The minimum atomic E-state index is -1.32. The van der Waals surface area contributed by atoms with E-state index in [4.69, 9.17) is 9.84 Å². The van der Waals surface area contributed by atoms with E-state index in [-0.39, 0.29) is 36.7 Å². The van der Waals surface area contributed by atoms with Crippen LogP contribution in [0.3, 0.4) is 0 Å². The van der Waals surface area contributed by atoms with Gasteiger partial charge in [0.2, 0.25) is 5.91 Å². The lowest BCUT2D eigenvalue weighted by Gasteiger charge is -2.09. The second-order valence-corrected chi connectivity index (χ2v) is 4.73. The highest BCUT2D eigenvalue weighted by Gasteiger charge is 2.12. The molecule has 2 amide bonds. The number of carbonyl (C=O) groups excluding carboxylic acids is 2. The smallest absolute Gasteiger partial charge is 0.411 e. The second-order valence-electron chi connectivity index (χ2n) is 4.73. The van der Waals surface area contributed by atoms with Gasteiger partial charge >= 0.3 is 12.1 Å². The van der Waals surface area contributed by atoms with Crippen molar-refractivity contribution in [1.29, 1.82) is 0 Å². The van der Waals surface area contributed by atoms with E-state index in [0.29, 0.717) is 0 Å². The molecule has 8 heteroatoms. The molecule has 0 saturated heterocycles. The number of nitrogens with one attached hydrogen (secondary N) is 2. The van der Waals surface area contributed by atoms with Crippen molar-refractivity contribution in [2.24, 2.45) is 0 Å². The van der Waals surface area contributed by atoms with Gasteiger partial charge in [0, 0.05) is 12.1 Å². The zero-order chi connectivity index (χ0) is 17.9. The molecule has 0 spiro atoms. The Kier molecular flexibility index (Phi) is 7.83. The standard InChI is InChI=1S/C16H20N2O6/c1-2-3-4-5-14(20)17-8-9-24-16(23)18-11-6-7-13(19)12(10-11)15(21)22/h3-4,6-7,10,19H,2,5,8-9H2,1H3,(H,17,20)(H,18,23)(H,21,22)/b4-3-. The SMILES string of the molecule is CC/C=C\CC(=O)NCCOC(=O)Nc1ccc(O)c(C(=O)O)c1. The minimum Gasteiger partial charge on any atom is -0.507 e. The third-order valence-corrected chi connectivity index (χ3v) is 2.84. The average molecular weight is 336 g/mol. The summed E-state index contributed by atoms with van der Waals surface area (Å²) in [7, 11) is 0. The topological polar surface area (TPSA) is 125 Å². The van der Waals surface area contributed by atoms with Gasteiger partial charge in [0.1, 0.15) is 17.9 Å². The van der Waals surface area contributed by atoms with Crippen LogP contribution in [0.15, 0.2) is 30.4 Å². The fraction of sp³-hybridized carbons (Fsp3) is 0.312. The summed E-state index contributed by atoms with van der Waals surface area (Å²) >= 11 is 0. The van der Waals surface area contributed by atoms with Gasteiger partial charge in [-0.3, -0.25) is 10.1 Å². The number of carboxylic acid groups (broad SMARTS) is 1. The number of allylic oxidation sites excluding steroid dienone is 1. The molecule has 0 fully saturated rings. The van der Waals surface area contributed by atoms with Crippen molar-refractivity contribution in [1.82, 2.24) is 5.32 Å². The van der Waals surface area contributed by atoms with Gasteiger partial charge in [0.05, 0.1) is 6.54 Å². The van der Waals surface area contributed by atoms with Crippen molar-refractivity contribution in [2.75, 3.05) is 18.5 Å². The molecule has 4 N–H and O–H groups in total. The summed E-state index contributed by atoms with van der Waals surface area (Å²) in [5.41, 5.74) is -0.163. The summed E-state index contributed by atoms with van der Waals surface area (Å²) in [6, 6.07) is 3.61. The molecule has 0 saturated carbocycles. The molecule has 0 bridgehead atoms. The van der Waals surface area contributed by atoms with Crippen LogP contribution in [0.2, 0.25) is 0 Å². The van der Waals surface area contributed by atoms with E-state index in [0.717, 1.165) is 18.6 Å². The predicted molar refractivity (Wildman–Crippen MR) is 87.1 cm³/mol. The lowest BCUT2D eigenvalue weighted by molar-refractivity contribution is -0.120. The molecule has 0 heterocycles. The molecule has 1 aromatic rings. The van der Waals surface area contributed by atoms with Crippen molar-refractivity contribution in [3.8, 4) is 5.75 Å². The van der Waals surface area contributed by atoms with E-state index in [1.807, 2.05) is 13.0 Å². The first-order valence-electron chi connectivity index (χ1n) is 7.35. The monoisotopic (exact) mass is 336 g/mol. The van der Waals surface area contributed by atoms with Gasteiger partial charge in [-0.25, -0.2) is 9.59 Å². The van der Waals surface area contributed by atoms with Crippen molar-refractivity contribution in [3.05, 3.63) is 35.9 Å². The highest BCUT2D eigenvalue weighted by molar-refractivity contribution is 5.93. The van der Waals surface area contributed by atoms with Gasteiger partial charge in [0.25, 0.3) is 0 Å². The molecule has 1 aromatic carbocycles. The Morgan fingerprint density at radius 2 is 2.00 bits per heavy atom. The number of amides is 2. The van der Waals surface area contributed by atoms with Crippen molar-refractivity contribution in [2.45, 2.75) is 19.8 Å². The van der Waals surface area contributed by atoms with E-state index < -0.39 is 17.8 Å². The second kappa shape index (κ2) is 9.88. The Morgan fingerprint density at radius 1 is 1.25 bits per heavy atom. The molecule has 0 radical (unpaired) electrons. The maximum absolute atomic E-state index is 11.6. The van der Waals surface area contributed by atoms with Gasteiger partial charge in [0.15, 0.2) is 0 Å². The molecule has 0 unspecified atom stereocenters. The molecule has 0 aromatic heterocycles. The molecule has 24 heavy (non-hydrogen) atoms. The van der Waals surface area contributed by atoms with Crippen LogP contribution in [0.4, 0.5) is 10.5 Å². The molecule has 130 valence electrons. The maximum Gasteiger partial charge on any atom is 0.411 e. The van der Waals surface area contributed by atoms with Crippen LogP contribution in [0.25, 0.3) is 0 Å². The number of hydrogen-bond donors (Lipinski definition) is 4. The number of aromatic hydroxyl groups is 1. The molecule has 0 aliphatic carbocycles. The van der Waals surface area contributed by atoms with Gasteiger partial charge in [-0.05, 0) is 24.6 Å². The summed E-state index contributed by atoms with van der Waals surface area (Å²) in [6.07, 6.45) is 3.97. The average Bonchev–Trinajstić information content (AvgIpc) is 2.53. The summed E-state index contributed by atoms with van der Waals surface area (Å²) in [4.78, 5) is 33.8. The molecule has 0 aliphatic rings. The summed E-state index contributed by atoms with van der Waals surface area (Å²) in [5.74, 6) is -1.89. The first-order chi connectivity index (χ1) is 11.4. The van der Waals surface area contributed by atoms with Crippen LogP contribution in [-0.4, -0.2) is 41.3 Å².